The Labute approximate surface area is 148 Å². The Bertz CT molecular complexity index is 907. The second-order valence-electron chi connectivity index (χ2n) is 5.23. The van der Waals surface area contributed by atoms with E-state index in [2.05, 4.69) is 4.98 Å². The van der Waals surface area contributed by atoms with Crippen LogP contribution in [0, 0.1) is 0 Å². The lowest BCUT2D eigenvalue weighted by Gasteiger charge is -2.15. The molecule has 7 heteroatoms. The van der Waals surface area contributed by atoms with Crippen molar-refractivity contribution in [1.29, 1.82) is 0 Å². The van der Waals surface area contributed by atoms with Gasteiger partial charge in [-0.15, -0.1) is 0 Å². The number of fused-ring (bicyclic) bond motifs is 1. The minimum Gasteiger partial charge on any atom is -0.488 e. The second kappa shape index (κ2) is 7.21. The zero-order chi connectivity index (χ0) is 17.1. The minimum atomic E-state index is -0.919. The van der Waals surface area contributed by atoms with Gasteiger partial charge < -0.3 is 9.84 Å². The summed E-state index contributed by atoms with van der Waals surface area (Å²) in [6, 6.07) is 12.0. The third kappa shape index (κ3) is 3.53. The van der Waals surface area contributed by atoms with E-state index < -0.39 is 6.10 Å². The average molecular weight is 365 g/mol. The highest BCUT2D eigenvalue weighted by molar-refractivity contribution is 6.37. The standard InChI is InChI=1S/C17H14Cl2N2O3/c18-13-5-3-6-14(19)16(13)24-9-11(22)8-21-10-20-15-7-2-1-4-12(15)17(21)23/h1-7,10-11,22H,8-9H2. The van der Waals surface area contributed by atoms with Crippen molar-refractivity contribution >= 4 is 34.1 Å². The third-order valence-electron chi connectivity index (χ3n) is 3.48. The van der Waals surface area contributed by atoms with Crippen molar-refractivity contribution in [2.75, 3.05) is 6.61 Å². The largest absolute Gasteiger partial charge is 0.488 e. The van der Waals surface area contributed by atoms with Crippen LogP contribution in [0.5, 0.6) is 5.75 Å². The fraction of sp³-hybridized carbons (Fsp3) is 0.176. The lowest BCUT2D eigenvalue weighted by molar-refractivity contribution is 0.0916. The zero-order valence-corrected chi connectivity index (χ0v) is 14.0. The number of aliphatic hydroxyl groups excluding tert-OH is 1. The van der Waals surface area contributed by atoms with Crippen molar-refractivity contribution < 1.29 is 9.84 Å². The number of hydrogen-bond donors (Lipinski definition) is 1. The summed E-state index contributed by atoms with van der Waals surface area (Å²) in [6.45, 7) is 0.00145. The SMILES string of the molecule is O=c1c2ccccc2ncn1CC(O)COc1c(Cl)cccc1Cl. The molecule has 1 atom stereocenters. The summed E-state index contributed by atoms with van der Waals surface area (Å²) in [5, 5.41) is 11.4. The number of benzene rings is 2. The van der Waals surface area contributed by atoms with E-state index in [4.69, 9.17) is 27.9 Å². The molecule has 0 saturated carbocycles. The van der Waals surface area contributed by atoms with Crippen LogP contribution in [0.3, 0.4) is 0 Å². The van der Waals surface area contributed by atoms with E-state index in [0.29, 0.717) is 26.7 Å². The second-order valence-corrected chi connectivity index (χ2v) is 6.05. The fourth-order valence-corrected chi connectivity index (χ4v) is 2.82. The van der Waals surface area contributed by atoms with Gasteiger partial charge in [0.05, 0.1) is 33.8 Å². The van der Waals surface area contributed by atoms with Gasteiger partial charge in [0.2, 0.25) is 0 Å². The van der Waals surface area contributed by atoms with Crippen LogP contribution in [-0.2, 0) is 6.54 Å². The minimum absolute atomic E-state index is 0.0529. The summed E-state index contributed by atoms with van der Waals surface area (Å²) in [7, 11) is 0. The quantitative estimate of drug-likeness (QED) is 0.755. The molecule has 124 valence electrons. The van der Waals surface area contributed by atoms with Crippen molar-refractivity contribution in [2.45, 2.75) is 12.6 Å². The van der Waals surface area contributed by atoms with Gasteiger partial charge in [-0.1, -0.05) is 41.4 Å². The van der Waals surface area contributed by atoms with E-state index in [0.717, 1.165) is 0 Å². The Morgan fingerprint density at radius 1 is 1.12 bits per heavy atom. The van der Waals surface area contributed by atoms with Crippen LogP contribution in [0.25, 0.3) is 10.9 Å². The molecular formula is C17H14Cl2N2O3. The van der Waals surface area contributed by atoms with Crippen LogP contribution in [0.2, 0.25) is 10.0 Å². The maximum Gasteiger partial charge on any atom is 0.261 e. The molecule has 0 radical (unpaired) electrons. The predicted octanol–water partition coefficient (Wildman–Crippen LogP) is 3.14. The normalized spacial score (nSPS) is 12.3. The molecule has 1 N–H and O–H groups in total. The monoisotopic (exact) mass is 364 g/mol. The smallest absolute Gasteiger partial charge is 0.261 e. The molecular weight excluding hydrogens is 351 g/mol. The topological polar surface area (TPSA) is 64.4 Å². The van der Waals surface area contributed by atoms with Gasteiger partial charge in [0.15, 0.2) is 5.75 Å². The van der Waals surface area contributed by atoms with E-state index in [9.17, 15) is 9.90 Å². The molecule has 5 nitrogen and oxygen atoms in total. The predicted molar refractivity (Wildman–Crippen MR) is 94.0 cm³/mol. The molecule has 1 heterocycles. The highest BCUT2D eigenvalue weighted by Crippen LogP contribution is 2.32. The van der Waals surface area contributed by atoms with Crippen molar-refractivity contribution in [3.8, 4) is 5.75 Å². The van der Waals surface area contributed by atoms with Crippen LogP contribution < -0.4 is 10.3 Å². The molecule has 0 aliphatic rings. The average Bonchev–Trinajstić information content (AvgIpc) is 2.57. The molecule has 0 fully saturated rings. The van der Waals surface area contributed by atoms with E-state index in [1.165, 1.54) is 10.9 Å². The number of rotatable bonds is 5. The number of ether oxygens (including phenoxy) is 1. The number of para-hydroxylation sites is 2. The van der Waals surface area contributed by atoms with E-state index in [-0.39, 0.29) is 18.7 Å². The summed E-state index contributed by atoms with van der Waals surface area (Å²) in [4.78, 5) is 16.6. The molecule has 0 bridgehead atoms. The fourth-order valence-electron chi connectivity index (χ4n) is 2.32. The molecule has 0 aliphatic carbocycles. The van der Waals surface area contributed by atoms with E-state index in [1.807, 2.05) is 6.07 Å². The molecule has 1 aromatic heterocycles. The molecule has 0 saturated heterocycles. The molecule has 0 aliphatic heterocycles. The Morgan fingerprint density at radius 2 is 1.83 bits per heavy atom. The van der Waals surface area contributed by atoms with Crippen molar-refractivity contribution in [3.63, 3.8) is 0 Å². The number of aliphatic hydroxyl groups is 1. The first kappa shape index (κ1) is 16.8. The molecule has 0 amide bonds. The first-order valence-electron chi connectivity index (χ1n) is 7.25. The third-order valence-corrected chi connectivity index (χ3v) is 4.07. The molecule has 3 aromatic rings. The summed E-state index contributed by atoms with van der Waals surface area (Å²) in [5.41, 5.74) is 0.405. The summed E-state index contributed by atoms with van der Waals surface area (Å²) >= 11 is 12.0. The van der Waals surface area contributed by atoms with Gasteiger partial charge in [-0.3, -0.25) is 9.36 Å². The number of halogens is 2. The summed E-state index contributed by atoms with van der Waals surface area (Å²) in [5.74, 6) is 0.309. The summed E-state index contributed by atoms with van der Waals surface area (Å²) in [6.07, 6.45) is 0.495. The number of aromatic nitrogens is 2. The lowest BCUT2D eigenvalue weighted by Crippen LogP contribution is -2.30. The Kier molecular flexibility index (Phi) is 5.04. The van der Waals surface area contributed by atoms with Gasteiger partial charge in [-0.25, -0.2) is 4.98 Å². The van der Waals surface area contributed by atoms with Gasteiger partial charge in [-0.05, 0) is 24.3 Å². The molecule has 0 spiro atoms. The van der Waals surface area contributed by atoms with Crippen LogP contribution in [0.1, 0.15) is 0 Å². The van der Waals surface area contributed by atoms with Gasteiger partial charge >= 0.3 is 0 Å². The van der Waals surface area contributed by atoms with Crippen LogP contribution >= 0.6 is 23.2 Å². The van der Waals surface area contributed by atoms with Gasteiger partial charge in [-0.2, -0.15) is 0 Å². The van der Waals surface area contributed by atoms with E-state index >= 15 is 0 Å². The van der Waals surface area contributed by atoms with Gasteiger partial charge in [0.1, 0.15) is 12.7 Å². The molecule has 3 rings (SSSR count). The van der Waals surface area contributed by atoms with Gasteiger partial charge in [0, 0.05) is 0 Å². The number of hydrogen-bond acceptors (Lipinski definition) is 4. The Morgan fingerprint density at radius 3 is 2.58 bits per heavy atom. The highest BCUT2D eigenvalue weighted by atomic mass is 35.5. The number of nitrogens with zero attached hydrogens (tertiary/aromatic N) is 2. The van der Waals surface area contributed by atoms with Crippen LogP contribution in [0.4, 0.5) is 0 Å². The molecule has 2 aromatic carbocycles. The summed E-state index contributed by atoms with van der Waals surface area (Å²) < 4.78 is 6.83. The van der Waals surface area contributed by atoms with Crippen molar-refractivity contribution in [2.24, 2.45) is 0 Å². The van der Waals surface area contributed by atoms with Gasteiger partial charge in [0.25, 0.3) is 5.56 Å². The first-order valence-corrected chi connectivity index (χ1v) is 8.01. The van der Waals surface area contributed by atoms with Crippen molar-refractivity contribution in [3.05, 3.63) is 69.2 Å². The maximum absolute atomic E-state index is 12.4. The van der Waals surface area contributed by atoms with E-state index in [1.54, 1.807) is 36.4 Å². The lowest BCUT2D eigenvalue weighted by atomic mass is 10.2. The first-order chi connectivity index (χ1) is 11.6. The van der Waals surface area contributed by atoms with Crippen LogP contribution in [-0.4, -0.2) is 27.4 Å². The highest BCUT2D eigenvalue weighted by Gasteiger charge is 2.12. The van der Waals surface area contributed by atoms with Crippen LogP contribution in [0.15, 0.2) is 53.6 Å². The maximum atomic E-state index is 12.4. The Balaban J connectivity index is 1.72. The molecule has 1 unspecified atom stereocenters. The molecule has 24 heavy (non-hydrogen) atoms. The van der Waals surface area contributed by atoms with Crippen molar-refractivity contribution in [1.82, 2.24) is 9.55 Å². The Hall–Kier alpha value is -2.08. The zero-order valence-electron chi connectivity index (χ0n) is 12.5.